The van der Waals surface area contributed by atoms with E-state index >= 15 is 0 Å². The van der Waals surface area contributed by atoms with Crippen molar-refractivity contribution < 1.29 is 0 Å². The molecule has 0 saturated carbocycles. The van der Waals surface area contributed by atoms with Crippen LogP contribution >= 0.6 is 0 Å². The van der Waals surface area contributed by atoms with E-state index in [1.54, 1.807) is 0 Å². The molecular weight excluding hydrogens is 180 g/mol. The molecule has 0 heteroatoms. The molecule has 0 fully saturated rings. The van der Waals surface area contributed by atoms with Crippen LogP contribution in [0.5, 0.6) is 0 Å². The van der Waals surface area contributed by atoms with Gasteiger partial charge in [0.25, 0.3) is 0 Å². The first-order valence-corrected chi connectivity index (χ1v) is 6.51. The van der Waals surface area contributed by atoms with Crippen molar-refractivity contribution in [3.05, 3.63) is 31.2 Å². The quantitative estimate of drug-likeness (QED) is 0.329. The Morgan fingerprint density at radius 2 is 1.27 bits per heavy atom. The third-order valence-electron chi connectivity index (χ3n) is 2.43. The molecule has 0 N–H and O–H groups in total. The van der Waals surface area contributed by atoms with E-state index in [4.69, 9.17) is 0 Å². The number of hydrogen-bond donors (Lipinski definition) is 0. The number of rotatable bonds is 10. The fourth-order valence-electron chi connectivity index (χ4n) is 1.42. The van der Waals surface area contributed by atoms with Crippen LogP contribution < -0.4 is 0 Å². The first kappa shape index (κ1) is 14.5. The van der Waals surface area contributed by atoms with Gasteiger partial charge in [0, 0.05) is 0 Å². The maximum atomic E-state index is 3.84. The van der Waals surface area contributed by atoms with Crippen molar-refractivity contribution in [2.45, 2.75) is 64.7 Å². The maximum Gasteiger partial charge on any atom is -0.0316 e. The molecule has 0 aromatic heterocycles. The number of hydrogen-bond acceptors (Lipinski definition) is 0. The van der Waals surface area contributed by atoms with Gasteiger partial charge in [0.2, 0.25) is 0 Å². The minimum atomic E-state index is 1.08. The molecule has 87 valence electrons. The van der Waals surface area contributed by atoms with Gasteiger partial charge < -0.3 is 0 Å². The Kier molecular flexibility index (Phi) is 13.0. The Morgan fingerprint density at radius 1 is 0.733 bits per heavy atom. The molecule has 0 spiro atoms. The highest BCUT2D eigenvalue weighted by molar-refractivity contribution is 4.87. The van der Waals surface area contributed by atoms with Gasteiger partial charge in [0.15, 0.2) is 0 Å². The second-order valence-corrected chi connectivity index (χ2v) is 4.01. The smallest absolute Gasteiger partial charge is 0.0316 e. The summed E-state index contributed by atoms with van der Waals surface area (Å²) in [5.74, 6) is 0. The van der Waals surface area contributed by atoms with Crippen LogP contribution in [0.15, 0.2) is 24.3 Å². The lowest BCUT2D eigenvalue weighted by molar-refractivity contribution is 0.758. The summed E-state index contributed by atoms with van der Waals surface area (Å²) in [6.07, 6.45) is 20.4. The molecule has 0 unspecified atom stereocenters. The number of allylic oxidation sites excluding steroid dienone is 4. The van der Waals surface area contributed by atoms with E-state index in [9.17, 15) is 0 Å². The van der Waals surface area contributed by atoms with Gasteiger partial charge in [0.05, 0.1) is 0 Å². The van der Waals surface area contributed by atoms with Crippen LogP contribution in [-0.4, -0.2) is 0 Å². The van der Waals surface area contributed by atoms with E-state index < -0.39 is 0 Å². The maximum absolute atomic E-state index is 3.84. The van der Waals surface area contributed by atoms with Gasteiger partial charge in [-0.3, -0.25) is 0 Å². The molecule has 0 rings (SSSR count). The fourth-order valence-corrected chi connectivity index (χ4v) is 1.42. The predicted molar refractivity (Wildman–Crippen MR) is 70.9 cm³/mol. The van der Waals surface area contributed by atoms with E-state index in [0.717, 1.165) is 6.42 Å². The SMILES string of the molecule is [CH2]CCCCC=CCCC=CCCCC. The Hall–Kier alpha value is -0.520. The Labute approximate surface area is 96.5 Å². The zero-order valence-corrected chi connectivity index (χ0v) is 10.4. The molecule has 0 aliphatic carbocycles. The highest BCUT2D eigenvalue weighted by Crippen LogP contribution is 2.02. The number of unbranched alkanes of at least 4 members (excludes halogenated alkanes) is 6. The minimum absolute atomic E-state index is 1.08. The molecule has 0 aliphatic heterocycles. The van der Waals surface area contributed by atoms with Crippen LogP contribution in [0.4, 0.5) is 0 Å². The van der Waals surface area contributed by atoms with E-state index in [1.807, 2.05) is 0 Å². The Morgan fingerprint density at radius 3 is 1.80 bits per heavy atom. The lowest BCUT2D eigenvalue weighted by atomic mass is 10.1. The highest BCUT2D eigenvalue weighted by atomic mass is 13.9. The standard InChI is InChI=1S/C15H27/c1-3-5-7-9-11-13-15-14-12-10-8-6-4-2/h10-13H,1,3-9,14-15H2,2H3. The van der Waals surface area contributed by atoms with E-state index in [-0.39, 0.29) is 0 Å². The van der Waals surface area contributed by atoms with Gasteiger partial charge in [-0.2, -0.15) is 0 Å². The van der Waals surface area contributed by atoms with Crippen LogP contribution in [0.25, 0.3) is 0 Å². The monoisotopic (exact) mass is 207 g/mol. The first-order valence-electron chi connectivity index (χ1n) is 6.51. The molecule has 0 heterocycles. The summed E-state index contributed by atoms with van der Waals surface area (Å²) in [4.78, 5) is 0. The molecule has 0 nitrogen and oxygen atoms in total. The van der Waals surface area contributed by atoms with E-state index in [2.05, 4.69) is 38.2 Å². The summed E-state index contributed by atoms with van der Waals surface area (Å²) in [5, 5.41) is 0. The van der Waals surface area contributed by atoms with Crippen LogP contribution in [0.3, 0.4) is 0 Å². The third kappa shape index (κ3) is 13.5. The second kappa shape index (κ2) is 13.5. The highest BCUT2D eigenvalue weighted by Gasteiger charge is 1.82. The van der Waals surface area contributed by atoms with Crippen molar-refractivity contribution in [3.63, 3.8) is 0 Å². The molecule has 0 amide bonds. The minimum Gasteiger partial charge on any atom is -0.0885 e. The Bertz CT molecular complexity index is 153. The first-order chi connectivity index (χ1) is 7.41. The summed E-state index contributed by atoms with van der Waals surface area (Å²) in [6, 6.07) is 0. The largest absolute Gasteiger partial charge is 0.0885 e. The van der Waals surface area contributed by atoms with Gasteiger partial charge in [-0.25, -0.2) is 0 Å². The summed E-state index contributed by atoms with van der Waals surface area (Å²) in [6.45, 7) is 6.07. The van der Waals surface area contributed by atoms with Gasteiger partial charge >= 0.3 is 0 Å². The van der Waals surface area contributed by atoms with Gasteiger partial charge in [-0.15, -0.1) is 0 Å². The van der Waals surface area contributed by atoms with Gasteiger partial charge in [-0.1, -0.05) is 63.8 Å². The lowest BCUT2D eigenvalue weighted by Crippen LogP contribution is -1.72. The predicted octanol–water partition coefficient (Wildman–Crippen LogP) is 5.46. The molecule has 0 aliphatic rings. The molecule has 0 saturated heterocycles. The third-order valence-corrected chi connectivity index (χ3v) is 2.43. The van der Waals surface area contributed by atoms with Crippen molar-refractivity contribution in [3.8, 4) is 0 Å². The van der Waals surface area contributed by atoms with Gasteiger partial charge in [0.1, 0.15) is 0 Å². The van der Waals surface area contributed by atoms with Crippen molar-refractivity contribution in [2.75, 3.05) is 0 Å². The molecular formula is C15H27. The topological polar surface area (TPSA) is 0 Å². The molecule has 0 aromatic carbocycles. The van der Waals surface area contributed by atoms with Crippen molar-refractivity contribution in [1.29, 1.82) is 0 Å². The Balaban J connectivity index is 3.12. The molecule has 0 atom stereocenters. The van der Waals surface area contributed by atoms with Crippen LogP contribution in [0, 0.1) is 6.92 Å². The molecule has 1 radical (unpaired) electrons. The molecule has 0 aromatic rings. The van der Waals surface area contributed by atoms with Crippen LogP contribution in [0.1, 0.15) is 64.7 Å². The van der Waals surface area contributed by atoms with Crippen LogP contribution in [0.2, 0.25) is 0 Å². The molecule has 0 bridgehead atoms. The van der Waals surface area contributed by atoms with Crippen molar-refractivity contribution >= 4 is 0 Å². The van der Waals surface area contributed by atoms with Crippen LogP contribution in [-0.2, 0) is 0 Å². The van der Waals surface area contributed by atoms with Gasteiger partial charge in [-0.05, 0) is 32.1 Å². The van der Waals surface area contributed by atoms with E-state index in [0.29, 0.717) is 0 Å². The summed E-state index contributed by atoms with van der Waals surface area (Å²) >= 11 is 0. The fraction of sp³-hybridized carbons (Fsp3) is 0.667. The zero-order valence-electron chi connectivity index (χ0n) is 10.4. The summed E-state index contributed by atoms with van der Waals surface area (Å²) in [7, 11) is 0. The van der Waals surface area contributed by atoms with E-state index in [1.165, 1.54) is 51.4 Å². The lowest BCUT2D eigenvalue weighted by Gasteiger charge is -1.92. The van der Waals surface area contributed by atoms with Crippen molar-refractivity contribution in [1.82, 2.24) is 0 Å². The summed E-state index contributed by atoms with van der Waals surface area (Å²) < 4.78 is 0. The average molecular weight is 207 g/mol. The van der Waals surface area contributed by atoms with Crippen molar-refractivity contribution in [2.24, 2.45) is 0 Å². The zero-order chi connectivity index (χ0) is 11.2. The normalized spacial score (nSPS) is 11.9. The average Bonchev–Trinajstić information content (AvgIpc) is 2.26. The summed E-state index contributed by atoms with van der Waals surface area (Å²) in [5.41, 5.74) is 0. The second-order valence-electron chi connectivity index (χ2n) is 4.01. The molecule has 15 heavy (non-hydrogen) atoms.